The summed E-state index contributed by atoms with van der Waals surface area (Å²) >= 11 is 0. The predicted molar refractivity (Wildman–Crippen MR) is 76.2 cm³/mol. The summed E-state index contributed by atoms with van der Waals surface area (Å²) in [5.74, 6) is 1.27. The van der Waals surface area contributed by atoms with Gasteiger partial charge in [0.25, 0.3) is 0 Å². The fourth-order valence-electron chi connectivity index (χ4n) is 3.28. The SMILES string of the molecule is c1cc2nc3n(c2cc1CN1CCNCC1)CCC3. The predicted octanol–water partition coefficient (Wildman–Crippen LogP) is 1.39. The number of nitrogens with one attached hydrogen (secondary N) is 1. The number of nitrogens with zero attached hydrogens (tertiary/aromatic N) is 3. The molecule has 2 aliphatic heterocycles. The van der Waals surface area contributed by atoms with Gasteiger partial charge in [0.05, 0.1) is 11.0 Å². The third-order valence-corrected chi connectivity index (χ3v) is 4.29. The number of benzene rings is 1. The van der Waals surface area contributed by atoms with Crippen molar-refractivity contribution in [3.05, 3.63) is 29.6 Å². The van der Waals surface area contributed by atoms with Crippen LogP contribution in [0.4, 0.5) is 0 Å². The van der Waals surface area contributed by atoms with Gasteiger partial charge < -0.3 is 9.88 Å². The van der Waals surface area contributed by atoms with Crippen molar-refractivity contribution in [3.8, 4) is 0 Å². The minimum atomic E-state index is 1.07. The van der Waals surface area contributed by atoms with Gasteiger partial charge in [-0.15, -0.1) is 0 Å². The Hall–Kier alpha value is -1.39. The molecule has 1 saturated heterocycles. The van der Waals surface area contributed by atoms with E-state index >= 15 is 0 Å². The molecule has 0 spiro atoms. The molecule has 2 aliphatic rings. The van der Waals surface area contributed by atoms with Gasteiger partial charge in [-0.05, 0) is 24.1 Å². The molecular formula is C15H20N4. The topological polar surface area (TPSA) is 33.1 Å². The lowest BCUT2D eigenvalue weighted by molar-refractivity contribution is 0.233. The Labute approximate surface area is 113 Å². The molecule has 1 fully saturated rings. The molecule has 0 amide bonds. The second kappa shape index (κ2) is 4.62. The summed E-state index contributed by atoms with van der Waals surface area (Å²) in [6, 6.07) is 6.78. The number of aryl methyl sites for hydroxylation is 2. The third-order valence-electron chi connectivity index (χ3n) is 4.29. The van der Waals surface area contributed by atoms with Gasteiger partial charge in [0.2, 0.25) is 0 Å². The van der Waals surface area contributed by atoms with Crippen molar-refractivity contribution in [1.82, 2.24) is 19.8 Å². The quantitative estimate of drug-likeness (QED) is 0.881. The fourth-order valence-corrected chi connectivity index (χ4v) is 3.28. The van der Waals surface area contributed by atoms with Crippen molar-refractivity contribution in [3.63, 3.8) is 0 Å². The van der Waals surface area contributed by atoms with E-state index in [9.17, 15) is 0 Å². The Morgan fingerprint density at radius 3 is 2.95 bits per heavy atom. The third kappa shape index (κ3) is 2.05. The first-order valence-corrected chi connectivity index (χ1v) is 7.31. The molecule has 1 N–H and O–H groups in total. The van der Waals surface area contributed by atoms with Gasteiger partial charge in [0, 0.05) is 45.7 Å². The van der Waals surface area contributed by atoms with Crippen LogP contribution in [-0.2, 0) is 19.5 Å². The molecule has 4 rings (SSSR count). The van der Waals surface area contributed by atoms with E-state index in [2.05, 4.69) is 33.0 Å². The van der Waals surface area contributed by atoms with Crippen molar-refractivity contribution < 1.29 is 0 Å². The molecule has 0 unspecified atom stereocenters. The zero-order valence-electron chi connectivity index (χ0n) is 11.2. The van der Waals surface area contributed by atoms with Crippen molar-refractivity contribution in [1.29, 1.82) is 0 Å². The van der Waals surface area contributed by atoms with Gasteiger partial charge in [-0.2, -0.15) is 0 Å². The van der Waals surface area contributed by atoms with Crippen molar-refractivity contribution in [2.45, 2.75) is 25.9 Å². The molecule has 100 valence electrons. The standard InChI is InChI=1S/C15H20N4/c1-2-15-17-13-4-3-12(10-14(13)19(15)7-1)11-18-8-5-16-6-9-18/h3-4,10,16H,1-2,5-9,11H2. The average molecular weight is 256 g/mol. The lowest BCUT2D eigenvalue weighted by atomic mass is 10.1. The maximum atomic E-state index is 4.72. The van der Waals surface area contributed by atoms with Gasteiger partial charge in [-0.3, -0.25) is 4.90 Å². The lowest BCUT2D eigenvalue weighted by Gasteiger charge is -2.27. The molecule has 3 heterocycles. The lowest BCUT2D eigenvalue weighted by Crippen LogP contribution is -2.42. The number of hydrogen-bond donors (Lipinski definition) is 1. The number of hydrogen-bond acceptors (Lipinski definition) is 3. The zero-order valence-corrected chi connectivity index (χ0v) is 11.2. The molecule has 0 aliphatic carbocycles. The minimum Gasteiger partial charge on any atom is -0.328 e. The van der Waals surface area contributed by atoms with E-state index < -0.39 is 0 Å². The van der Waals surface area contributed by atoms with Crippen LogP contribution in [0, 0.1) is 0 Å². The number of piperazine rings is 1. The Bertz CT molecular complexity index is 595. The largest absolute Gasteiger partial charge is 0.328 e. The van der Waals surface area contributed by atoms with E-state index in [1.54, 1.807) is 0 Å². The highest BCUT2D eigenvalue weighted by atomic mass is 15.2. The summed E-state index contributed by atoms with van der Waals surface area (Å²) in [7, 11) is 0. The van der Waals surface area contributed by atoms with E-state index in [-0.39, 0.29) is 0 Å². The Kier molecular flexibility index (Phi) is 2.78. The van der Waals surface area contributed by atoms with Crippen LogP contribution in [0.15, 0.2) is 18.2 Å². The average Bonchev–Trinajstić information content (AvgIpc) is 3.01. The van der Waals surface area contributed by atoms with Gasteiger partial charge in [-0.25, -0.2) is 4.98 Å². The number of aromatic nitrogens is 2. The van der Waals surface area contributed by atoms with Gasteiger partial charge in [0.1, 0.15) is 5.82 Å². The molecule has 19 heavy (non-hydrogen) atoms. The van der Waals surface area contributed by atoms with E-state index in [0.29, 0.717) is 0 Å². The first kappa shape index (κ1) is 11.4. The van der Waals surface area contributed by atoms with E-state index in [0.717, 1.165) is 45.7 Å². The summed E-state index contributed by atoms with van der Waals surface area (Å²) < 4.78 is 2.40. The maximum absolute atomic E-state index is 4.72. The van der Waals surface area contributed by atoms with Crippen LogP contribution in [0.1, 0.15) is 17.8 Å². The molecule has 0 bridgehead atoms. The fraction of sp³-hybridized carbons (Fsp3) is 0.533. The molecular weight excluding hydrogens is 236 g/mol. The maximum Gasteiger partial charge on any atom is 0.109 e. The Balaban J connectivity index is 1.63. The first-order valence-electron chi connectivity index (χ1n) is 7.31. The van der Waals surface area contributed by atoms with Crippen LogP contribution in [0.2, 0.25) is 0 Å². The number of imidazole rings is 1. The van der Waals surface area contributed by atoms with Crippen molar-refractivity contribution >= 4 is 11.0 Å². The van der Waals surface area contributed by atoms with Gasteiger partial charge in [0.15, 0.2) is 0 Å². The molecule has 2 aromatic rings. The Morgan fingerprint density at radius 1 is 1.16 bits per heavy atom. The molecule has 0 atom stereocenters. The molecule has 0 saturated carbocycles. The minimum absolute atomic E-state index is 1.07. The second-order valence-electron chi connectivity index (χ2n) is 5.63. The Morgan fingerprint density at radius 2 is 2.05 bits per heavy atom. The highest BCUT2D eigenvalue weighted by Gasteiger charge is 2.16. The summed E-state index contributed by atoms with van der Waals surface area (Å²) in [6.45, 7) is 6.75. The number of rotatable bonds is 2. The zero-order chi connectivity index (χ0) is 12.7. The van der Waals surface area contributed by atoms with Gasteiger partial charge >= 0.3 is 0 Å². The molecule has 4 heteroatoms. The van der Waals surface area contributed by atoms with Gasteiger partial charge in [-0.1, -0.05) is 6.07 Å². The molecule has 4 nitrogen and oxygen atoms in total. The first-order chi connectivity index (χ1) is 9.40. The second-order valence-corrected chi connectivity index (χ2v) is 5.63. The van der Waals surface area contributed by atoms with Crippen LogP contribution in [0.25, 0.3) is 11.0 Å². The van der Waals surface area contributed by atoms with Crippen molar-refractivity contribution in [2.24, 2.45) is 0 Å². The number of fused-ring (bicyclic) bond motifs is 3. The monoisotopic (exact) mass is 256 g/mol. The van der Waals surface area contributed by atoms with Crippen LogP contribution >= 0.6 is 0 Å². The highest BCUT2D eigenvalue weighted by Crippen LogP contribution is 2.24. The summed E-state index contributed by atoms with van der Waals surface area (Å²) in [5.41, 5.74) is 3.92. The molecule has 1 aromatic heterocycles. The summed E-state index contributed by atoms with van der Waals surface area (Å²) in [5, 5.41) is 3.40. The smallest absolute Gasteiger partial charge is 0.109 e. The van der Waals surface area contributed by atoms with Crippen molar-refractivity contribution in [2.75, 3.05) is 26.2 Å². The summed E-state index contributed by atoms with van der Waals surface area (Å²) in [6.07, 6.45) is 2.39. The van der Waals surface area contributed by atoms with E-state index in [4.69, 9.17) is 4.98 Å². The normalized spacial score (nSPS) is 20.0. The van der Waals surface area contributed by atoms with Crippen LogP contribution in [0.5, 0.6) is 0 Å². The molecule has 1 aromatic carbocycles. The van der Waals surface area contributed by atoms with E-state index in [1.165, 1.54) is 28.8 Å². The van der Waals surface area contributed by atoms with E-state index in [1.807, 2.05) is 0 Å². The summed E-state index contributed by atoms with van der Waals surface area (Å²) in [4.78, 5) is 7.25. The highest BCUT2D eigenvalue weighted by molar-refractivity contribution is 5.77. The van der Waals surface area contributed by atoms with Crippen LogP contribution < -0.4 is 5.32 Å². The van der Waals surface area contributed by atoms with Crippen LogP contribution in [0.3, 0.4) is 0 Å². The van der Waals surface area contributed by atoms with Crippen LogP contribution in [-0.4, -0.2) is 40.6 Å². The molecule has 0 radical (unpaired) electrons.